The molecule has 0 atom stereocenters. The van der Waals surface area contributed by atoms with Crippen LogP contribution in [-0.4, -0.2) is 89.7 Å². The van der Waals surface area contributed by atoms with Crippen LogP contribution in [0.25, 0.3) is 11.1 Å². The van der Waals surface area contributed by atoms with Gasteiger partial charge in [0.2, 0.25) is 0 Å². The van der Waals surface area contributed by atoms with Gasteiger partial charge in [0.05, 0.1) is 40.3 Å². The molecule has 0 unspecified atom stereocenters. The lowest BCUT2D eigenvalue weighted by molar-refractivity contribution is -0.163. The summed E-state index contributed by atoms with van der Waals surface area (Å²) in [5.74, 6) is -7.12. The molecule has 0 radical (unpaired) electrons. The van der Waals surface area contributed by atoms with Crippen molar-refractivity contribution in [3.8, 4) is 22.6 Å². The molecule has 0 spiro atoms. The average molecular weight is 871 g/mol. The third-order valence-corrected chi connectivity index (χ3v) is 8.94. The van der Waals surface area contributed by atoms with Gasteiger partial charge >= 0.3 is 35.8 Å². The summed E-state index contributed by atoms with van der Waals surface area (Å²) in [6, 6.07) is 6.97. The number of benzene rings is 2. The first-order chi connectivity index (χ1) is 29.4. The second-order valence-corrected chi connectivity index (χ2v) is 14.5. The SMILES string of the molecule is C=C(C)C(=O)OCCCc1cc(-c2cc(F)c(OCCCCCC)c(F)c2)ccc1OCC(COC(=O)CC(=C)C(=O)OC)(COC(=O)CC(=C)C(=O)OC)COC(=O)C(=C)C. The summed E-state index contributed by atoms with van der Waals surface area (Å²) in [7, 11) is 2.21. The van der Waals surface area contributed by atoms with E-state index >= 15 is 8.78 Å². The molecule has 0 bridgehead atoms. The predicted octanol–water partition coefficient (Wildman–Crippen LogP) is 7.45. The third-order valence-electron chi connectivity index (χ3n) is 8.94. The zero-order valence-electron chi connectivity index (χ0n) is 36.1. The van der Waals surface area contributed by atoms with Gasteiger partial charge in [-0.15, -0.1) is 0 Å². The van der Waals surface area contributed by atoms with Gasteiger partial charge in [-0.2, -0.15) is 0 Å². The molecular weight excluding hydrogens is 814 g/mol. The van der Waals surface area contributed by atoms with Gasteiger partial charge in [-0.05, 0) is 74.1 Å². The maximum Gasteiger partial charge on any atom is 0.333 e. The van der Waals surface area contributed by atoms with Crippen LogP contribution in [0.4, 0.5) is 8.78 Å². The molecule has 0 aromatic heterocycles. The standard InChI is InChI=1S/C46H56F2O14/c1-10-11-12-13-18-57-41-36(47)23-35(24-37(41)48)33-16-17-38(34(22-33)15-14-19-58-42(51)29(2)3)59-25-46(28-62-43(52)30(4)5,26-60-39(49)20-31(6)44(53)55-8)27-61-40(50)21-32(7)45(54)56-9/h16-17,22-24H,2,4,6-7,10-15,18-21,25-28H2,1,3,5,8-9H3. The summed E-state index contributed by atoms with van der Waals surface area (Å²) in [6.07, 6.45) is 2.76. The van der Waals surface area contributed by atoms with Gasteiger partial charge in [-0.1, -0.05) is 58.6 Å². The highest BCUT2D eigenvalue weighted by Crippen LogP contribution is 2.34. The van der Waals surface area contributed by atoms with Gasteiger partial charge in [-0.3, -0.25) is 9.59 Å². The molecule has 2 aromatic rings. The van der Waals surface area contributed by atoms with Crippen molar-refractivity contribution in [3.05, 3.63) is 96.1 Å². The molecule has 62 heavy (non-hydrogen) atoms. The number of ether oxygens (including phenoxy) is 8. The van der Waals surface area contributed by atoms with Crippen molar-refractivity contribution in [2.45, 2.75) is 72.1 Å². The van der Waals surface area contributed by atoms with Crippen LogP contribution in [0.5, 0.6) is 11.5 Å². The number of hydrogen-bond acceptors (Lipinski definition) is 14. The van der Waals surface area contributed by atoms with Crippen LogP contribution in [0, 0.1) is 17.0 Å². The summed E-state index contributed by atoms with van der Waals surface area (Å²) >= 11 is 0. The Morgan fingerprint density at radius 1 is 0.597 bits per heavy atom. The molecule has 2 rings (SSSR count). The van der Waals surface area contributed by atoms with Gasteiger partial charge < -0.3 is 37.9 Å². The first kappa shape index (κ1) is 51.8. The lowest BCUT2D eigenvalue weighted by Crippen LogP contribution is -2.44. The van der Waals surface area contributed by atoms with E-state index in [2.05, 4.69) is 35.8 Å². The second kappa shape index (κ2) is 26.1. The van der Waals surface area contributed by atoms with E-state index < -0.39 is 97.9 Å². The number of methoxy groups -OCH3 is 2. The van der Waals surface area contributed by atoms with Gasteiger partial charge in [0, 0.05) is 22.3 Å². The molecule has 0 aliphatic rings. The number of unbranched alkanes of at least 4 members (excludes halogenated alkanes) is 3. The number of esters is 6. The van der Waals surface area contributed by atoms with Crippen LogP contribution in [0.1, 0.15) is 71.3 Å². The van der Waals surface area contributed by atoms with Crippen molar-refractivity contribution in [2.75, 3.05) is 53.9 Å². The molecule has 0 saturated heterocycles. The maximum absolute atomic E-state index is 15.3. The average Bonchev–Trinajstić information content (AvgIpc) is 3.24. The molecule has 0 N–H and O–H groups in total. The van der Waals surface area contributed by atoms with E-state index in [1.54, 1.807) is 12.1 Å². The van der Waals surface area contributed by atoms with E-state index in [9.17, 15) is 28.8 Å². The van der Waals surface area contributed by atoms with Crippen LogP contribution in [0.15, 0.2) is 78.9 Å². The smallest absolute Gasteiger partial charge is 0.333 e. The fourth-order valence-electron chi connectivity index (χ4n) is 5.39. The van der Waals surface area contributed by atoms with Gasteiger partial charge in [0.1, 0.15) is 37.6 Å². The van der Waals surface area contributed by atoms with E-state index in [0.717, 1.165) is 45.6 Å². The van der Waals surface area contributed by atoms with Gasteiger partial charge in [-0.25, -0.2) is 28.0 Å². The van der Waals surface area contributed by atoms with Crippen molar-refractivity contribution >= 4 is 35.8 Å². The molecule has 0 aliphatic carbocycles. The van der Waals surface area contributed by atoms with Crippen LogP contribution < -0.4 is 9.47 Å². The zero-order chi connectivity index (χ0) is 46.4. The van der Waals surface area contributed by atoms with Gasteiger partial charge in [0.25, 0.3) is 0 Å². The Morgan fingerprint density at radius 3 is 1.65 bits per heavy atom. The highest BCUT2D eigenvalue weighted by atomic mass is 19.1. The Bertz CT molecular complexity index is 1920. The monoisotopic (exact) mass is 870 g/mol. The lowest BCUT2D eigenvalue weighted by atomic mass is 9.91. The van der Waals surface area contributed by atoms with Crippen LogP contribution >= 0.6 is 0 Å². The largest absolute Gasteiger partial charge is 0.492 e. The van der Waals surface area contributed by atoms with Crippen LogP contribution in [-0.2, 0) is 63.6 Å². The minimum atomic E-state index is -1.67. The van der Waals surface area contributed by atoms with E-state index in [1.807, 2.05) is 6.92 Å². The Kier molecular flexibility index (Phi) is 21.8. The summed E-state index contributed by atoms with van der Waals surface area (Å²) in [5.41, 5.74) is -0.850. The Hall–Kier alpha value is -6.32. The van der Waals surface area contributed by atoms with Gasteiger partial charge in [0.15, 0.2) is 17.4 Å². The number of carbonyl (C=O) groups excluding carboxylic acids is 6. The molecular formula is C46H56F2O14. The summed E-state index contributed by atoms with van der Waals surface area (Å²) in [4.78, 5) is 74.4. The molecule has 338 valence electrons. The maximum atomic E-state index is 15.3. The van der Waals surface area contributed by atoms with Crippen LogP contribution in [0.3, 0.4) is 0 Å². The molecule has 0 amide bonds. The normalized spacial score (nSPS) is 10.8. The molecule has 0 saturated carbocycles. The molecule has 16 heteroatoms. The highest BCUT2D eigenvalue weighted by Gasteiger charge is 2.38. The second-order valence-electron chi connectivity index (χ2n) is 14.5. The minimum absolute atomic E-state index is 0.0160. The van der Waals surface area contributed by atoms with E-state index in [1.165, 1.54) is 19.9 Å². The summed E-state index contributed by atoms with van der Waals surface area (Å²) in [5, 5.41) is 0. The van der Waals surface area contributed by atoms with Crippen molar-refractivity contribution < 1.29 is 75.4 Å². The molecule has 0 heterocycles. The van der Waals surface area contributed by atoms with Crippen molar-refractivity contribution in [1.29, 1.82) is 0 Å². The van der Waals surface area contributed by atoms with Crippen molar-refractivity contribution in [1.82, 2.24) is 0 Å². The highest BCUT2D eigenvalue weighted by molar-refractivity contribution is 5.94. The first-order valence-corrected chi connectivity index (χ1v) is 19.7. The third kappa shape index (κ3) is 17.3. The summed E-state index contributed by atoms with van der Waals surface area (Å²) < 4.78 is 73.2. The first-order valence-electron chi connectivity index (χ1n) is 19.7. The number of rotatable bonds is 28. The number of aryl methyl sites for hydroxylation is 1. The minimum Gasteiger partial charge on any atom is -0.492 e. The van der Waals surface area contributed by atoms with Crippen molar-refractivity contribution in [3.63, 3.8) is 0 Å². The number of halogens is 2. The Balaban J connectivity index is 2.59. The summed E-state index contributed by atoms with van der Waals surface area (Å²) in [6.45, 7) is 17.0. The topological polar surface area (TPSA) is 176 Å². The molecule has 14 nitrogen and oxygen atoms in total. The van der Waals surface area contributed by atoms with E-state index in [4.69, 9.17) is 28.4 Å². The Labute approximate surface area is 360 Å². The fourth-order valence-corrected chi connectivity index (χ4v) is 5.39. The molecule has 0 fully saturated rings. The predicted molar refractivity (Wildman–Crippen MR) is 223 cm³/mol. The quantitative estimate of drug-likeness (QED) is 0.0357. The Morgan fingerprint density at radius 2 is 1.13 bits per heavy atom. The van der Waals surface area contributed by atoms with E-state index in [-0.39, 0.29) is 59.7 Å². The zero-order valence-corrected chi connectivity index (χ0v) is 36.1. The molecule has 2 aromatic carbocycles. The number of carbonyl (C=O) groups is 6. The van der Waals surface area contributed by atoms with E-state index in [0.29, 0.717) is 17.5 Å². The number of hydrogen-bond donors (Lipinski definition) is 0. The fraction of sp³-hybridized carbons (Fsp3) is 0.435. The molecule has 0 aliphatic heterocycles. The van der Waals surface area contributed by atoms with Crippen molar-refractivity contribution in [2.24, 2.45) is 5.41 Å². The lowest BCUT2D eigenvalue weighted by Gasteiger charge is -2.32. The van der Waals surface area contributed by atoms with Crippen LogP contribution in [0.2, 0.25) is 0 Å².